The molecule has 19 heavy (non-hydrogen) atoms. The smallest absolute Gasteiger partial charge is 0.228 e. The molecule has 1 N–H and O–H groups in total. The van der Waals surface area contributed by atoms with Crippen LogP contribution in [-0.2, 0) is 17.6 Å². The second-order valence-corrected chi connectivity index (χ2v) is 3.60. The highest BCUT2D eigenvalue weighted by molar-refractivity contribution is 5.99. The lowest BCUT2D eigenvalue weighted by molar-refractivity contribution is -0.115. The number of benzene rings is 1. The summed E-state index contributed by atoms with van der Waals surface area (Å²) in [5, 5.41) is 2.38. The van der Waals surface area contributed by atoms with E-state index in [1.54, 1.807) is 0 Å². The van der Waals surface area contributed by atoms with E-state index in [0.29, 0.717) is 0 Å². The van der Waals surface area contributed by atoms with Gasteiger partial charge in [0, 0.05) is 36.9 Å². The summed E-state index contributed by atoms with van der Waals surface area (Å²) in [7, 11) is 0. The van der Waals surface area contributed by atoms with Crippen LogP contribution in [0.5, 0.6) is 0 Å². The molecule has 3 heteroatoms. The van der Waals surface area contributed by atoms with Crippen molar-refractivity contribution in [2.75, 3.05) is 24.8 Å². The molecule has 3 nitrogen and oxygen atoms in total. The topological polar surface area (TPSA) is 32.3 Å². The number of fused-ring (bicyclic) bond motifs is 1. The SMILES string of the molecule is [2H]C([2H])([2H])C([2H])([2H])C([2H])([2H])N(C([2H])([2H])C([2H])([2H])c1cccc2c1CC(=O)N2)C([2H])([2H])C([2H])([2H])C([2H])([2H])[2H]. The number of carbonyl (C=O) groups is 1. The molecule has 1 aromatic rings. The molecule has 2 rings (SSSR count). The van der Waals surface area contributed by atoms with Crippen molar-refractivity contribution in [1.82, 2.24) is 4.90 Å². The summed E-state index contributed by atoms with van der Waals surface area (Å²) in [6.45, 7) is -20.8. The Balaban J connectivity index is 2.96. The normalized spacial score (nSPS) is 33.6. The lowest BCUT2D eigenvalue weighted by atomic mass is 10.0. The maximum atomic E-state index is 11.9. The van der Waals surface area contributed by atoms with Crippen molar-refractivity contribution in [2.45, 2.75) is 39.2 Å². The van der Waals surface area contributed by atoms with Crippen LogP contribution in [-0.4, -0.2) is 30.3 Å². The molecule has 104 valence electrons. The van der Waals surface area contributed by atoms with E-state index < -0.39 is 75.1 Å². The van der Waals surface area contributed by atoms with Crippen LogP contribution >= 0.6 is 0 Å². The van der Waals surface area contributed by atoms with Gasteiger partial charge < -0.3 is 10.2 Å². The highest BCUT2D eigenvalue weighted by atomic mass is 16.1. The van der Waals surface area contributed by atoms with Gasteiger partial charge in [-0.05, 0) is 49.3 Å². The molecule has 0 spiro atoms. The summed E-state index contributed by atoms with van der Waals surface area (Å²) in [6, 6.07) is 3.51. The Labute approximate surface area is 141 Å². The Kier molecular flexibility index (Phi) is 1.29. The van der Waals surface area contributed by atoms with Crippen molar-refractivity contribution < 1.29 is 29.5 Å². The van der Waals surface area contributed by atoms with Crippen LogP contribution in [0.25, 0.3) is 0 Å². The number of carbonyl (C=O) groups excluding carboxylic acids is 1. The van der Waals surface area contributed by atoms with Gasteiger partial charge in [0.15, 0.2) is 0 Å². The van der Waals surface area contributed by atoms with Gasteiger partial charge in [-0.25, -0.2) is 0 Å². The van der Waals surface area contributed by atoms with Gasteiger partial charge in [0.1, 0.15) is 0 Å². The van der Waals surface area contributed by atoms with Crippen molar-refractivity contribution in [3.8, 4) is 0 Å². The molecule has 0 radical (unpaired) electrons. The molecule has 0 saturated heterocycles. The van der Waals surface area contributed by atoms with Crippen molar-refractivity contribution in [3.63, 3.8) is 0 Å². The van der Waals surface area contributed by atoms with E-state index in [0.717, 1.165) is 6.07 Å². The molecule has 0 aliphatic carbocycles. The molecule has 0 aromatic heterocycles. The monoisotopic (exact) mass is 278 g/mol. The standard InChI is InChI=1S/C16H24N2O/c1-3-9-18(10-4-2)11-8-13-6-5-7-15-14(13)12-16(19)17-15/h5-7H,3-4,8-12H2,1-2H3,(H,17,19)/i1D3,2D3,3D2,4D2,8D2,9D2,10D2,11D2. The Morgan fingerprint density at radius 1 is 1.32 bits per heavy atom. The summed E-state index contributed by atoms with van der Waals surface area (Å²) >= 11 is 0. The molecule has 1 aliphatic rings. The molecule has 1 aliphatic heterocycles. The van der Waals surface area contributed by atoms with E-state index in [2.05, 4.69) is 5.32 Å². The molecular weight excluding hydrogens is 236 g/mol. The fourth-order valence-corrected chi connectivity index (χ4v) is 1.68. The Morgan fingerprint density at radius 2 is 2.11 bits per heavy atom. The highest BCUT2D eigenvalue weighted by Gasteiger charge is 2.20. The van der Waals surface area contributed by atoms with Crippen LogP contribution in [0, 0.1) is 0 Å². The maximum Gasteiger partial charge on any atom is 0.228 e. The third-order valence-corrected chi connectivity index (χ3v) is 2.43. The second-order valence-electron chi connectivity index (χ2n) is 3.60. The molecular formula is C16H24N2O. The Bertz CT molecular complexity index is 1020. The predicted octanol–water partition coefficient (Wildman–Crippen LogP) is 2.85. The number of rotatable bonds is 7. The Hall–Kier alpha value is -1.35. The molecule has 0 bridgehead atoms. The van der Waals surface area contributed by atoms with Crippen LogP contribution in [0.15, 0.2) is 18.2 Å². The van der Waals surface area contributed by atoms with Gasteiger partial charge in [0.25, 0.3) is 0 Å². The van der Waals surface area contributed by atoms with Crippen LogP contribution in [0.4, 0.5) is 5.69 Å². The fraction of sp³-hybridized carbons (Fsp3) is 0.562. The third-order valence-electron chi connectivity index (χ3n) is 2.43. The number of anilines is 1. The van der Waals surface area contributed by atoms with Gasteiger partial charge in [0.05, 0.1) is 6.42 Å². The zero-order valence-electron chi connectivity index (χ0n) is 27.8. The lowest BCUT2D eigenvalue weighted by Gasteiger charge is -2.21. The minimum Gasteiger partial charge on any atom is -0.326 e. The summed E-state index contributed by atoms with van der Waals surface area (Å²) in [4.78, 5) is 10.9. The first-order valence-corrected chi connectivity index (χ1v) is 5.33. The number of amides is 1. The molecule has 0 fully saturated rings. The van der Waals surface area contributed by atoms with Gasteiger partial charge in [-0.1, -0.05) is 25.8 Å². The summed E-state index contributed by atoms with van der Waals surface area (Å²) in [6.07, 6.45) is -12.4. The summed E-state index contributed by atoms with van der Waals surface area (Å²) in [5.41, 5.74) is -0.690. The van der Waals surface area contributed by atoms with Crippen LogP contribution < -0.4 is 5.32 Å². The molecule has 0 unspecified atom stereocenters. The first-order valence-electron chi connectivity index (χ1n) is 14.3. The van der Waals surface area contributed by atoms with E-state index in [9.17, 15) is 4.79 Å². The highest BCUT2D eigenvalue weighted by Crippen LogP contribution is 2.26. The van der Waals surface area contributed by atoms with Gasteiger partial charge in [-0.3, -0.25) is 4.79 Å². The maximum absolute atomic E-state index is 11.9. The van der Waals surface area contributed by atoms with E-state index >= 15 is 0 Å². The first kappa shape index (κ1) is 3.64. The predicted molar refractivity (Wildman–Crippen MR) is 79.5 cm³/mol. The summed E-state index contributed by atoms with van der Waals surface area (Å²) < 4.78 is 143. The van der Waals surface area contributed by atoms with E-state index in [-0.39, 0.29) is 11.3 Å². The van der Waals surface area contributed by atoms with Gasteiger partial charge in [-0.2, -0.15) is 0 Å². The lowest BCUT2D eigenvalue weighted by Crippen LogP contribution is -2.28. The number of aryl methyl sites for hydroxylation is 1. The van der Waals surface area contributed by atoms with E-state index in [1.807, 2.05) is 0 Å². The van der Waals surface area contributed by atoms with Crippen molar-refractivity contribution in [3.05, 3.63) is 29.3 Å². The molecule has 0 saturated carbocycles. The average molecular weight is 278 g/mol. The molecule has 1 heterocycles. The van der Waals surface area contributed by atoms with Crippen molar-refractivity contribution in [1.29, 1.82) is 0 Å². The zero-order valence-corrected chi connectivity index (χ0v) is 9.79. The Morgan fingerprint density at radius 3 is 2.84 bits per heavy atom. The quantitative estimate of drug-likeness (QED) is 0.832. The van der Waals surface area contributed by atoms with Crippen molar-refractivity contribution in [2.24, 2.45) is 0 Å². The third kappa shape index (κ3) is 3.57. The van der Waals surface area contributed by atoms with E-state index in [4.69, 9.17) is 24.7 Å². The molecule has 1 amide bonds. The van der Waals surface area contributed by atoms with Crippen molar-refractivity contribution >= 4 is 11.6 Å². The molecule has 1 aromatic carbocycles. The van der Waals surface area contributed by atoms with Crippen LogP contribution in [0.2, 0.25) is 0 Å². The molecule has 0 atom stereocenters. The number of hydrogen-bond donors (Lipinski definition) is 1. The van der Waals surface area contributed by atoms with Crippen LogP contribution in [0.1, 0.15) is 62.3 Å². The fourth-order valence-electron chi connectivity index (χ4n) is 1.68. The minimum absolute atomic E-state index is 0.0513. The minimum atomic E-state index is -4.39. The first-order chi connectivity index (χ1) is 16.1. The largest absolute Gasteiger partial charge is 0.326 e. The van der Waals surface area contributed by atoms with E-state index in [1.165, 1.54) is 12.1 Å². The summed E-state index contributed by atoms with van der Waals surface area (Å²) in [5.74, 6) is -0.612. The number of nitrogens with one attached hydrogen (secondary N) is 1. The van der Waals surface area contributed by atoms with Gasteiger partial charge >= 0.3 is 0 Å². The second kappa shape index (κ2) is 6.71. The van der Waals surface area contributed by atoms with Gasteiger partial charge in [-0.15, -0.1) is 0 Å². The number of hydrogen-bond acceptors (Lipinski definition) is 2. The average Bonchev–Trinajstić information content (AvgIpc) is 3.04. The zero-order chi connectivity index (χ0) is 29.4. The number of nitrogens with zero attached hydrogens (tertiary/aromatic N) is 1. The van der Waals surface area contributed by atoms with Gasteiger partial charge in [0.2, 0.25) is 5.91 Å². The van der Waals surface area contributed by atoms with Crippen LogP contribution in [0.3, 0.4) is 0 Å².